The van der Waals surface area contributed by atoms with Gasteiger partial charge in [0.2, 0.25) is 0 Å². The van der Waals surface area contributed by atoms with Crippen LogP contribution in [0.4, 0.5) is 0 Å². The van der Waals surface area contributed by atoms with Crippen molar-refractivity contribution in [2.24, 2.45) is 0 Å². The molecule has 0 fully saturated rings. The summed E-state index contributed by atoms with van der Waals surface area (Å²) in [7, 11) is 0. The van der Waals surface area contributed by atoms with Gasteiger partial charge in [0, 0.05) is 59.1 Å². The van der Waals surface area contributed by atoms with Crippen LogP contribution in [0, 0.1) is 0 Å². The SMILES string of the molecule is CCCCCCCCN(CC(=O)O)CC(=O)O.[Na].[Na]. The maximum absolute atomic E-state index is 10.5. The number of unbranched alkanes of at least 4 members (excludes halogenated alkanes) is 5. The Morgan fingerprint density at radius 1 is 0.842 bits per heavy atom. The standard InChI is InChI=1S/C12H23NO4.2Na/c1-2-3-4-5-6-7-8-13(9-11(14)15)10-12(16)17;;/h2-10H2,1H3,(H,14,15)(H,16,17);;. The number of hydrogen-bond donors (Lipinski definition) is 2. The Morgan fingerprint density at radius 2 is 1.26 bits per heavy atom. The van der Waals surface area contributed by atoms with Crippen LogP contribution < -0.4 is 0 Å². The predicted molar refractivity (Wildman–Crippen MR) is 76.6 cm³/mol. The van der Waals surface area contributed by atoms with Crippen molar-refractivity contribution in [1.29, 1.82) is 0 Å². The number of carbonyl (C=O) groups is 2. The van der Waals surface area contributed by atoms with Crippen molar-refractivity contribution >= 4 is 71.1 Å². The molecule has 19 heavy (non-hydrogen) atoms. The zero-order chi connectivity index (χ0) is 13.1. The third kappa shape index (κ3) is 18.9. The van der Waals surface area contributed by atoms with E-state index >= 15 is 0 Å². The molecule has 0 bridgehead atoms. The van der Waals surface area contributed by atoms with E-state index in [-0.39, 0.29) is 72.2 Å². The molecule has 0 saturated carbocycles. The minimum absolute atomic E-state index is 0. The van der Waals surface area contributed by atoms with Crippen molar-refractivity contribution in [1.82, 2.24) is 4.90 Å². The average Bonchev–Trinajstić information content (AvgIpc) is 2.21. The first-order chi connectivity index (χ1) is 8.06. The summed E-state index contributed by atoms with van der Waals surface area (Å²) in [6, 6.07) is 0. The zero-order valence-corrected chi connectivity index (χ0v) is 16.5. The minimum atomic E-state index is -0.975. The maximum Gasteiger partial charge on any atom is 0.317 e. The molecule has 0 aliphatic carbocycles. The molecular formula is C12H23NNa2O4. The Bertz CT molecular complexity index is 224. The average molecular weight is 291 g/mol. The van der Waals surface area contributed by atoms with Crippen molar-refractivity contribution in [3.05, 3.63) is 0 Å². The molecule has 0 saturated heterocycles. The van der Waals surface area contributed by atoms with Gasteiger partial charge in [-0.1, -0.05) is 39.0 Å². The summed E-state index contributed by atoms with van der Waals surface area (Å²) in [5.74, 6) is -1.95. The van der Waals surface area contributed by atoms with Gasteiger partial charge >= 0.3 is 11.9 Å². The van der Waals surface area contributed by atoms with Gasteiger partial charge in [0.15, 0.2) is 0 Å². The molecule has 0 unspecified atom stereocenters. The molecule has 7 heteroatoms. The topological polar surface area (TPSA) is 77.8 Å². The van der Waals surface area contributed by atoms with Crippen LogP contribution in [0.1, 0.15) is 45.4 Å². The van der Waals surface area contributed by atoms with Gasteiger partial charge in [0.25, 0.3) is 0 Å². The van der Waals surface area contributed by atoms with Gasteiger partial charge in [-0.3, -0.25) is 14.5 Å². The van der Waals surface area contributed by atoms with E-state index in [4.69, 9.17) is 10.2 Å². The largest absolute Gasteiger partial charge is 0.480 e. The van der Waals surface area contributed by atoms with E-state index in [0.29, 0.717) is 6.54 Å². The first-order valence-electron chi connectivity index (χ1n) is 6.22. The van der Waals surface area contributed by atoms with Crippen LogP contribution in [-0.2, 0) is 9.59 Å². The molecule has 0 atom stereocenters. The van der Waals surface area contributed by atoms with Crippen LogP contribution in [0.2, 0.25) is 0 Å². The number of carboxylic acid groups (broad SMARTS) is 2. The van der Waals surface area contributed by atoms with Crippen molar-refractivity contribution in [3.63, 3.8) is 0 Å². The van der Waals surface area contributed by atoms with Gasteiger partial charge in [0.1, 0.15) is 0 Å². The second kappa shape index (κ2) is 17.0. The molecule has 102 valence electrons. The number of aliphatic carboxylic acids is 2. The van der Waals surface area contributed by atoms with E-state index in [1.54, 1.807) is 0 Å². The smallest absolute Gasteiger partial charge is 0.317 e. The molecule has 2 radical (unpaired) electrons. The van der Waals surface area contributed by atoms with E-state index in [0.717, 1.165) is 19.3 Å². The van der Waals surface area contributed by atoms with Crippen LogP contribution in [-0.4, -0.2) is 106 Å². The molecule has 0 rings (SSSR count). The first kappa shape index (κ1) is 24.9. The van der Waals surface area contributed by atoms with Crippen molar-refractivity contribution < 1.29 is 19.8 Å². The molecule has 0 aliphatic rings. The van der Waals surface area contributed by atoms with Crippen LogP contribution in [0.3, 0.4) is 0 Å². The number of nitrogens with zero attached hydrogens (tertiary/aromatic N) is 1. The normalized spacial score (nSPS) is 9.58. The van der Waals surface area contributed by atoms with Crippen molar-refractivity contribution in [2.75, 3.05) is 19.6 Å². The summed E-state index contributed by atoms with van der Waals surface area (Å²) in [6.45, 7) is 2.31. The Hall–Kier alpha value is 0.900. The molecule has 0 aliphatic heterocycles. The Morgan fingerprint density at radius 3 is 1.68 bits per heavy atom. The molecule has 0 aromatic heterocycles. The number of rotatable bonds is 11. The van der Waals surface area contributed by atoms with Gasteiger partial charge in [-0.2, -0.15) is 0 Å². The van der Waals surface area contributed by atoms with Crippen molar-refractivity contribution in [3.8, 4) is 0 Å². The molecule has 0 amide bonds. The zero-order valence-electron chi connectivity index (χ0n) is 12.5. The predicted octanol–water partition coefficient (Wildman–Crippen LogP) is 1.06. The summed E-state index contributed by atoms with van der Waals surface area (Å²) in [5, 5.41) is 17.3. The van der Waals surface area contributed by atoms with Crippen LogP contribution in [0.5, 0.6) is 0 Å². The fourth-order valence-corrected chi connectivity index (χ4v) is 1.71. The van der Waals surface area contributed by atoms with Crippen molar-refractivity contribution in [2.45, 2.75) is 45.4 Å². The van der Waals surface area contributed by atoms with E-state index in [1.165, 1.54) is 24.2 Å². The molecule has 0 heterocycles. The van der Waals surface area contributed by atoms with E-state index < -0.39 is 11.9 Å². The monoisotopic (exact) mass is 291 g/mol. The fraction of sp³-hybridized carbons (Fsp3) is 0.833. The van der Waals surface area contributed by atoms with E-state index in [1.807, 2.05) is 0 Å². The van der Waals surface area contributed by atoms with Gasteiger partial charge < -0.3 is 10.2 Å². The third-order valence-corrected chi connectivity index (χ3v) is 2.55. The number of hydrogen-bond acceptors (Lipinski definition) is 3. The molecule has 5 nitrogen and oxygen atoms in total. The maximum atomic E-state index is 10.5. The van der Waals surface area contributed by atoms with Gasteiger partial charge in [0.05, 0.1) is 13.1 Å². The minimum Gasteiger partial charge on any atom is -0.480 e. The van der Waals surface area contributed by atoms with Gasteiger partial charge in [-0.15, -0.1) is 0 Å². The second-order valence-corrected chi connectivity index (χ2v) is 4.27. The molecule has 0 aromatic rings. The molecule has 0 aromatic carbocycles. The van der Waals surface area contributed by atoms with Crippen LogP contribution in [0.25, 0.3) is 0 Å². The van der Waals surface area contributed by atoms with Crippen LogP contribution >= 0.6 is 0 Å². The summed E-state index contributed by atoms with van der Waals surface area (Å²) >= 11 is 0. The Labute approximate surface area is 159 Å². The Kier molecular flexibility index (Phi) is 22.2. The molecular weight excluding hydrogens is 268 g/mol. The molecule has 2 N–H and O–H groups in total. The summed E-state index contributed by atoms with van der Waals surface area (Å²) in [6.07, 6.45) is 6.67. The van der Waals surface area contributed by atoms with Gasteiger partial charge in [-0.25, -0.2) is 0 Å². The summed E-state index contributed by atoms with van der Waals surface area (Å²) in [5.41, 5.74) is 0. The molecule has 0 spiro atoms. The fourth-order valence-electron chi connectivity index (χ4n) is 1.71. The van der Waals surface area contributed by atoms with Gasteiger partial charge in [-0.05, 0) is 13.0 Å². The quantitative estimate of drug-likeness (QED) is 0.439. The second-order valence-electron chi connectivity index (χ2n) is 4.27. The third-order valence-electron chi connectivity index (χ3n) is 2.55. The van der Waals surface area contributed by atoms with E-state index in [9.17, 15) is 9.59 Å². The van der Waals surface area contributed by atoms with Crippen LogP contribution in [0.15, 0.2) is 0 Å². The number of carboxylic acids is 2. The Balaban J connectivity index is -0.00000128. The van der Waals surface area contributed by atoms with E-state index in [2.05, 4.69) is 6.92 Å². The summed E-state index contributed by atoms with van der Waals surface area (Å²) < 4.78 is 0. The first-order valence-corrected chi connectivity index (χ1v) is 6.22. The summed E-state index contributed by atoms with van der Waals surface area (Å²) in [4.78, 5) is 22.5.